The zero-order valence-electron chi connectivity index (χ0n) is 7.22. The van der Waals surface area contributed by atoms with Crippen molar-refractivity contribution in [3.8, 4) is 11.5 Å². The Kier molecular flexibility index (Phi) is 4.59. The molecule has 13 heavy (non-hydrogen) atoms. The maximum atomic E-state index is 5.40. The molecule has 0 N–H and O–H groups in total. The lowest BCUT2D eigenvalue weighted by Gasteiger charge is -2.07. The molecule has 0 bridgehead atoms. The van der Waals surface area contributed by atoms with E-state index in [0.29, 0.717) is 6.61 Å². The molecule has 0 fully saturated rings. The van der Waals surface area contributed by atoms with E-state index in [-0.39, 0.29) is 0 Å². The lowest BCUT2D eigenvalue weighted by Crippen LogP contribution is -1.97. The number of benzene rings is 1. The van der Waals surface area contributed by atoms with Crippen LogP contribution in [-0.2, 0) is 0 Å². The Labute approximate surface area is 94.5 Å². The van der Waals surface area contributed by atoms with Crippen LogP contribution in [-0.4, -0.2) is 19.0 Å². The van der Waals surface area contributed by atoms with Crippen LogP contribution in [0.3, 0.4) is 0 Å². The topological polar surface area (TPSA) is 18.5 Å². The van der Waals surface area contributed by atoms with Crippen LogP contribution in [0.1, 0.15) is 0 Å². The number of methoxy groups -OCH3 is 1. The molecular weight excluding hydrogens is 300 g/mol. The number of alkyl halides is 1. The maximum absolute atomic E-state index is 5.40. The highest BCUT2D eigenvalue weighted by Crippen LogP contribution is 2.28. The molecule has 72 valence electrons. The van der Waals surface area contributed by atoms with Gasteiger partial charge in [-0.3, -0.25) is 0 Å². The van der Waals surface area contributed by atoms with Crippen molar-refractivity contribution in [3.63, 3.8) is 0 Å². The first-order chi connectivity index (χ1) is 6.27. The van der Waals surface area contributed by atoms with Crippen LogP contribution in [0.2, 0.25) is 0 Å². The smallest absolute Gasteiger partial charge is 0.133 e. The van der Waals surface area contributed by atoms with Crippen LogP contribution < -0.4 is 9.47 Å². The number of rotatable bonds is 4. The summed E-state index contributed by atoms with van der Waals surface area (Å²) in [7, 11) is 1.64. The second-order valence-electron chi connectivity index (χ2n) is 2.33. The highest BCUT2D eigenvalue weighted by molar-refractivity contribution is 9.10. The van der Waals surface area contributed by atoms with E-state index in [0.717, 1.165) is 21.3 Å². The fourth-order valence-electron chi connectivity index (χ4n) is 0.893. The van der Waals surface area contributed by atoms with E-state index in [1.807, 2.05) is 18.2 Å². The van der Waals surface area contributed by atoms with Crippen molar-refractivity contribution in [1.29, 1.82) is 0 Å². The summed E-state index contributed by atoms with van der Waals surface area (Å²) in [5.74, 6) is 1.65. The summed E-state index contributed by atoms with van der Waals surface area (Å²) in [6.07, 6.45) is 0. The van der Waals surface area contributed by atoms with Gasteiger partial charge < -0.3 is 9.47 Å². The fourth-order valence-corrected chi connectivity index (χ4v) is 1.57. The minimum atomic E-state index is 0.665. The van der Waals surface area contributed by atoms with Crippen molar-refractivity contribution in [2.45, 2.75) is 0 Å². The third-order valence-electron chi connectivity index (χ3n) is 1.47. The van der Waals surface area contributed by atoms with Crippen LogP contribution in [0, 0.1) is 0 Å². The van der Waals surface area contributed by atoms with Gasteiger partial charge in [-0.25, -0.2) is 0 Å². The third kappa shape index (κ3) is 3.19. The van der Waals surface area contributed by atoms with Crippen molar-refractivity contribution >= 4 is 31.9 Å². The highest BCUT2D eigenvalue weighted by Gasteiger charge is 2.01. The second-order valence-corrected chi connectivity index (χ2v) is 3.98. The molecule has 0 saturated heterocycles. The predicted molar refractivity (Wildman–Crippen MR) is 60.0 cm³/mol. The molecule has 0 aliphatic heterocycles. The Balaban J connectivity index is 2.71. The van der Waals surface area contributed by atoms with Crippen LogP contribution >= 0.6 is 31.9 Å². The Bertz CT molecular complexity index is 276. The number of halogens is 2. The average Bonchev–Trinajstić information content (AvgIpc) is 2.15. The van der Waals surface area contributed by atoms with Crippen molar-refractivity contribution in [2.24, 2.45) is 0 Å². The van der Waals surface area contributed by atoms with Gasteiger partial charge in [-0.1, -0.05) is 15.9 Å². The monoisotopic (exact) mass is 308 g/mol. The van der Waals surface area contributed by atoms with Crippen molar-refractivity contribution in [3.05, 3.63) is 22.7 Å². The molecule has 0 aliphatic rings. The molecule has 0 radical (unpaired) electrons. The van der Waals surface area contributed by atoms with E-state index >= 15 is 0 Å². The normalized spacial score (nSPS) is 9.77. The highest BCUT2D eigenvalue weighted by atomic mass is 79.9. The molecule has 0 aromatic heterocycles. The Morgan fingerprint density at radius 2 is 2.15 bits per heavy atom. The van der Waals surface area contributed by atoms with Crippen LogP contribution in [0.4, 0.5) is 0 Å². The van der Waals surface area contributed by atoms with Gasteiger partial charge in [0.1, 0.15) is 11.5 Å². The van der Waals surface area contributed by atoms with Gasteiger partial charge >= 0.3 is 0 Å². The van der Waals surface area contributed by atoms with Crippen molar-refractivity contribution in [1.82, 2.24) is 0 Å². The summed E-state index contributed by atoms with van der Waals surface area (Å²) >= 11 is 6.67. The number of hydrogen-bond donors (Lipinski definition) is 0. The zero-order chi connectivity index (χ0) is 9.68. The Morgan fingerprint density at radius 1 is 1.38 bits per heavy atom. The molecule has 0 amide bonds. The average molecular weight is 310 g/mol. The summed E-state index contributed by atoms with van der Waals surface area (Å²) in [4.78, 5) is 0. The summed E-state index contributed by atoms with van der Waals surface area (Å²) in [6, 6.07) is 5.64. The van der Waals surface area contributed by atoms with E-state index in [2.05, 4.69) is 31.9 Å². The number of hydrogen-bond acceptors (Lipinski definition) is 2. The molecular formula is C9H10Br2O2. The first kappa shape index (κ1) is 10.9. The van der Waals surface area contributed by atoms with Crippen LogP contribution in [0.25, 0.3) is 0 Å². The van der Waals surface area contributed by atoms with Gasteiger partial charge in [0.15, 0.2) is 0 Å². The molecule has 1 aromatic carbocycles. The molecule has 0 aliphatic carbocycles. The van der Waals surface area contributed by atoms with Crippen molar-refractivity contribution < 1.29 is 9.47 Å². The summed E-state index contributed by atoms with van der Waals surface area (Å²) in [5, 5.41) is 0.830. The Morgan fingerprint density at radius 3 is 2.69 bits per heavy atom. The fraction of sp³-hybridized carbons (Fsp3) is 0.333. The standard InChI is InChI=1S/C9H10Br2O2/c1-12-9-3-2-7(6-8(9)11)13-5-4-10/h2-3,6H,4-5H2,1H3. The Hall–Kier alpha value is -0.220. The molecule has 0 spiro atoms. The first-order valence-corrected chi connectivity index (χ1v) is 5.71. The predicted octanol–water partition coefficient (Wildman–Crippen LogP) is 3.23. The van der Waals surface area contributed by atoms with E-state index in [1.165, 1.54) is 0 Å². The van der Waals surface area contributed by atoms with Gasteiger partial charge in [0, 0.05) is 5.33 Å². The quantitative estimate of drug-likeness (QED) is 0.795. The lowest BCUT2D eigenvalue weighted by molar-refractivity contribution is 0.343. The summed E-state index contributed by atoms with van der Waals surface area (Å²) < 4.78 is 11.4. The van der Waals surface area contributed by atoms with Crippen LogP contribution in [0.5, 0.6) is 11.5 Å². The third-order valence-corrected chi connectivity index (χ3v) is 2.41. The molecule has 1 aromatic rings. The van der Waals surface area contributed by atoms with E-state index in [9.17, 15) is 0 Å². The summed E-state index contributed by atoms with van der Waals surface area (Å²) in [6.45, 7) is 0.665. The van der Waals surface area contributed by atoms with Gasteiger partial charge in [0.25, 0.3) is 0 Å². The van der Waals surface area contributed by atoms with Gasteiger partial charge in [-0.2, -0.15) is 0 Å². The molecule has 0 atom stereocenters. The lowest BCUT2D eigenvalue weighted by atomic mass is 10.3. The second kappa shape index (κ2) is 5.50. The molecule has 4 heteroatoms. The van der Waals surface area contributed by atoms with Gasteiger partial charge in [-0.15, -0.1) is 0 Å². The minimum absolute atomic E-state index is 0.665. The van der Waals surface area contributed by atoms with Gasteiger partial charge in [0.2, 0.25) is 0 Å². The minimum Gasteiger partial charge on any atom is -0.496 e. The van der Waals surface area contributed by atoms with Gasteiger partial charge in [0.05, 0.1) is 18.2 Å². The zero-order valence-corrected chi connectivity index (χ0v) is 10.4. The largest absolute Gasteiger partial charge is 0.496 e. The first-order valence-electron chi connectivity index (χ1n) is 3.80. The molecule has 2 nitrogen and oxygen atoms in total. The van der Waals surface area contributed by atoms with Crippen LogP contribution in [0.15, 0.2) is 22.7 Å². The summed E-state index contributed by atoms with van der Waals surface area (Å²) in [5.41, 5.74) is 0. The van der Waals surface area contributed by atoms with Gasteiger partial charge in [-0.05, 0) is 34.1 Å². The van der Waals surface area contributed by atoms with E-state index in [4.69, 9.17) is 9.47 Å². The van der Waals surface area contributed by atoms with Crippen molar-refractivity contribution in [2.75, 3.05) is 19.0 Å². The molecule has 0 unspecified atom stereocenters. The van der Waals surface area contributed by atoms with E-state index in [1.54, 1.807) is 7.11 Å². The van der Waals surface area contributed by atoms with E-state index < -0.39 is 0 Å². The maximum Gasteiger partial charge on any atom is 0.133 e. The number of ether oxygens (including phenoxy) is 2. The molecule has 0 saturated carbocycles. The SMILES string of the molecule is COc1ccc(OCCBr)cc1Br. The molecule has 0 heterocycles. The molecule has 1 rings (SSSR count).